The van der Waals surface area contributed by atoms with Gasteiger partial charge in [-0.2, -0.15) is 0 Å². The van der Waals surface area contributed by atoms with E-state index >= 15 is 0 Å². The van der Waals surface area contributed by atoms with Crippen LogP contribution in [0.4, 0.5) is 5.69 Å². The van der Waals surface area contributed by atoms with Crippen molar-refractivity contribution >= 4 is 17.5 Å². The SMILES string of the molecule is NC(C(=O)NCc1ccc(NC(=O)c2cccnc2)cc1)C1CCOCC1. The number of carbonyl (C=O) groups is 2. The molecular weight excluding hydrogens is 344 g/mol. The van der Waals surface area contributed by atoms with Crippen molar-refractivity contribution in [2.75, 3.05) is 18.5 Å². The second-order valence-electron chi connectivity index (χ2n) is 6.59. The number of nitrogens with one attached hydrogen (secondary N) is 2. The third-order valence-electron chi connectivity index (χ3n) is 4.68. The van der Waals surface area contributed by atoms with Crippen LogP contribution >= 0.6 is 0 Å². The van der Waals surface area contributed by atoms with E-state index < -0.39 is 6.04 Å². The van der Waals surface area contributed by atoms with Gasteiger partial charge in [-0.3, -0.25) is 14.6 Å². The summed E-state index contributed by atoms with van der Waals surface area (Å²) in [5, 5.41) is 5.70. The number of rotatable bonds is 6. The molecular formula is C20H24N4O3. The van der Waals surface area contributed by atoms with Crippen molar-refractivity contribution in [2.45, 2.75) is 25.4 Å². The molecule has 4 N–H and O–H groups in total. The molecule has 1 aliphatic heterocycles. The Morgan fingerprint density at radius 3 is 2.59 bits per heavy atom. The Bertz CT molecular complexity index is 759. The lowest BCUT2D eigenvalue weighted by atomic mass is 9.92. The van der Waals surface area contributed by atoms with Gasteiger partial charge in [-0.05, 0) is 48.6 Å². The monoisotopic (exact) mass is 368 g/mol. The summed E-state index contributed by atoms with van der Waals surface area (Å²) in [6.45, 7) is 1.72. The third-order valence-corrected chi connectivity index (χ3v) is 4.68. The molecule has 0 saturated carbocycles. The quantitative estimate of drug-likeness (QED) is 0.720. The lowest BCUT2D eigenvalue weighted by Crippen LogP contribution is -2.46. The molecule has 2 heterocycles. The summed E-state index contributed by atoms with van der Waals surface area (Å²) in [6, 6.07) is 10.2. The highest BCUT2D eigenvalue weighted by molar-refractivity contribution is 6.04. The predicted molar refractivity (Wildman–Crippen MR) is 102 cm³/mol. The van der Waals surface area contributed by atoms with Gasteiger partial charge in [0, 0.05) is 37.8 Å². The number of anilines is 1. The van der Waals surface area contributed by atoms with Gasteiger partial charge in [-0.25, -0.2) is 0 Å². The first-order valence-electron chi connectivity index (χ1n) is 9.05. The van der Waals surface area contributed by atoms with Gasteiger partial charge in [0.15, 0.2) is 0 Å². The van der Waals surface area contributed by atoms with Crippen molar-refractivity contribution in [3.05, 3.63) is 59.9 Å². The molecule has 2 amide bonds. The molecule has 1 aromatic carbocycles. The Balaban J connectivity index is 1.48. The maximum atomic E-state index is 12.2. The summed E-state index contributed by atoms with van der Waals surface area (Å²) in [5.74, 6) is -0.189. The number of amides is 2. The minimum Gasteiger partial charge on any atom is -0.381 e. The standard InChI is InChI=1S/C20H24N4O3/c21-18(15-7-10-27-11-8-15)20(26)23-12-14-3-5-17(6-4-14)24-19(25)16-2-1-9-22-13-16/h1-6,9,13,15,18H,7-8,10-12,21H2,(H,23,26)(H,24,25). The fourth-order valence-electron chi connectivity index (χ4n) is 3.00. The zero-order valence-corrected chi connectivity index (χ0v) is 15.1. The average molecular weight is 368 g/mol. The topological polar surface area (TPSA) is 106 Å². The first kappa shape index (κ1) is 19.0. The Hall–Kier alpha value is -2.77. The van der Waals surface area contributed by atoms with Gasteiger partial charge >= 0.3 is 0 Å². The Morgan fingerprint density at radius 2 is 1.93 bits per heavy atom. The molecule has 3 rings (SSSR count). The summed E-state index contributed by atoms with van der Waals surface area (Å²) in [7, 11) is 0. The lowest BCUT2D eigenvalue weighted by molar-refractivity contribution is -0.124. The molecule has 142 valence electrons. The predicted octanol–water partition coefficient (Wildman–Crippen LogP) is 1.70. The number of ether oxygens (including phenoxy) is 1. The van der Waals surface area contributed by atoms with Gasteiger partial charge < -0.3 is 21.1 Å². The van der Waals surface area contributed by atoms with Crippen LogP contribution in [0.15, 0.2) is 48.8 Å². The number of pyridine rings is 1. The minimum absolute atomic E-state index is 0.143. The number of aromatic nitrogens is 1. The molecule has 1 aliphatic rings. The molecule has 1 atom stereocenters. The van der Waals surface area contributed by atoms with Crippen molar-refractivity contribution < 1.29 is 14.3 Å². The van der Waals surface area contributed by atoms with Crippen LogP contribution in [0, 0.1) is 5.92 Å². The van der Waals surface area contributed by atoms with Gasteiger partial charge in [0.1, 0.15) is 0 Å². The van der Waals surface area contributed by atoms with Crippen molar-refractivity contribution in [3.63, 3.8) is 0 Å². The third kappa shape index (κ3) is 5.35. The number of hydrogen-bond acceptors (Lipinski definition) is 5. The molecule has 1 fully saturated rings. The van der Waals surface area contributed by atoms with E-state index in [9.17, 15) is 9.59 Å². The van der Waals surface area contributed by atoms with Gasteiger partial charge in [-0.1, -0.05) is 12.1 Å². The highest BCUT2D eigenvalue weighted by atomic mass is 16.5. The number of hydrogen-bond donors (Lipinski definition) is 3. The normalized spacial score (nSPS) is 15.7. The molecule has 0 radical (unpaired) electrons. The molecule has 0 bridgehead atoms. The molecule has 2 aromatic rings. The van der Waals surface area contributed by atoms with E-state index in [1.165, 1.54) is 6.20 Å². The lowest BCUT2D eigenvalue weighted by Gasteiger charge is -2.26. The van der Waals surface area contributed by atoms with E-state index in [1.807, 2.05) is 12.1 Å². The molecule has 7 heteroatoms. The van der Waals surface area contributed by atoms with Crippen LogP contribution in [0.5, 0.6) is 0 Å². The first-order valence-corrected chi connectivity index (χ1v) is 9.05. The van der Waals surface area contributed by atoms with E-state index in [-0.39, 0.29) is 17.7 Å². The van der Waals surface area contributed by atoms with Crippen molar-refractivity contribution in [1.82, 2.24) is 10.3 Å². The summed E-state index contributed by atoms with van der Waals surface area (Å²) >= 11 is 0. The zero-order chi connectivity index (χ0) is 19.1. The largest absolute Gasteiger partial charge is 0.381 e. The van der Waals surface area contributed by atoms with Gasteiger partial charge in [0.05, 0.1) is 11.6 Å². The first-order chi connectivity index (χ1) is 13.1. The number of benzene rings is 1. The van der Waals surface area contributed by atoms with Gasteiger partial charge in [0.25, 0.3) is 5.91 Å². The summed E-state index contributed by atoms with van der Waals surface area (Å²) < 4.78 is 5.31. The van der Waals surface area contributed by atoms with Crippen LogP contribution in [-0.2, 0) is 16.1 Å². The molecule has 1 aromatic heterocycles. The number of nitrogens with zero attached hydrogens (tertiary/aromatic N) is 1. The molecule has 1 unspecified atom stereocenters. The number of carbonyl (C=O) groups excluding carboxylic acids is 2. The average Bonchev–Trinajstić information content (AvgIpc) is 2.73. The van der Waals surface area contributed by atoms with Crippen molar-refractivity contribution in [3.8, 4) is 0 Å². The Labute approximate surface area is 158 Å². The van der Waals surface area contributed by atoms with Crippen molar-refractivity contribution in [2.24, 2.45) is 11.7 Å². The van der Waals surface area contributed by atoms with E-state index in [2.05, 4.69) is 15.6 Å². The Morgan fingerprint density at radius 1 is 1.19 bits per heavy atom. The zero-order valence-electron chi connectivity index (χ0n) is 15.1. The number of nitrogens with two attached hydrogens (primary N) is 1. The maximum absolute atomic E-state index is 12.2. The van der Waals surface area contributed by atoms with E-state index in [0.717, 1.165) is 18.4 Å². The molecule has 7 nitrogen and oxygen atoms in total. The van der Waals surface area contributed by atoms with E-state index in [4.69, 9.17) is 10.5 Å². The highest BCUT2D eigenvalue weighted by Gasteiger charge is 2.26. The van der Waals surface area contributed by atoms with E-state index in [0.29, 0.717) is 31.0 Å². The highest BCUT2D eigenvalue weighted by Crippen LogP contribution is 2.18. The van der Waals surface area contributed by atoms with Crippen molar-refractivity contribution in [1.29, 1.82) is 0 Å². The second-order valence-corrected chi connectivity index (χ2v) is 6.59. The van der Waals surface area contributed by atoms with Gasteiger partial charge in [0.2, 0.25) is 5.91 Å². The molecule has 1 saturated heterocycles. The molecule has 0 spiro atoms. The minimum atomic E-state index is -0.507. The van der Waals surface area contributed by atoms with E-state index in [1.54, 1.807) is 30.5 Å². The van der Waals surface area contributed by atoms with Gasteiger partial charge in [-0.15, -0.1) is 0 Å². The summed E-state index contributed by atoms with van der Waals surface area (Å²) in [6.07, 6.45) is 4.77. The summed E-state index contributed by atoms with van der Waals surface area (Å²) in [4.78, 5) is 28.3. The fraction of sp³-hybridized carbons (Fsp3) is 0.350. The Kier molecular flexibility index (Phi) is 6.51. The molecule has 0 aliphatic carbocycles. The van der Waals surface area contributed by atoms with Crippen LogP contribution in [-0.4, -0.2) is 36.1 Å². The van der Waals surface area contributed by atoms with Crippen LogP contribution in [0.2, 0.25) is 0 Å². The second kappa shape index (κ2) is 9.25. The van der Waals surface area contributed by atoms with Crippen LogP contribution < -0.4 is 16.4 Å². The fourth-order valence-corrected chi connectivity index (χ4v) is 3.00. The smallest absolute Gasteiger partial charge is 0.257 e. The summed E-state index contributed by atoms with van der Waals surface area (Å²) in [5.41, 5.74) is 8.18. The maximum Gasteiger partial charge on any atom is 0.257 e. The molecule has 27 heavy (non-hydrogen) atoms. The van der Waals surface area contributed by atoms with Crippen LogP contribution in [0.1, 0.15) is 28.8 Å². The van der Waals surface area contributed by atoms with Crippen LogP contribution in [0.25, 0.3) is 0 Å². The van der Waals surface area contributed by atoms with Crippen LogP contribution in [0.3, 0.4) is 0 Å².